The highest BCUT2D eigenvalue weighted by Crippen LogP contribution is 2.34. The van der Waals surface area contributed by atoms with Crippen LogP contribution in [0.5, 0.6) is 0 Å². The number of amides is 2. The number of hydrogen-bond acceptors (Lipinski definition) is 3. The molecule has 100 valence electrons. The molecule has 2 atom stereocenters. The molecule has 0 radical (unpaired) electrons. The first kappa shape index (κ1) is 12.5. The van der Waals surface area contributed by atoms with Crippen LogP contribution in [0.3, 0.4) is 0 Å². The van der Waals surface area contributed by atoms with Crippen LogP contribution in [-0.2, 0) is 4.79 Å². The number of piperidine rings is 1. The lowest BCUT2D eigenvalue weighted by atomic mass is 9.92. The second-order valence-electron chi connectivity index (χ2n) is 5.10. The van der Waals surface area contributed by atoms with E-state index in [4.69, 9.17) is 5.73 Å². The van der Waals surface area contributed by atoms with Gasteiger partial charge in [-0.1, -0.05) is 12.1 Å². The van der Waals surface area contributed by atoms with Gasteiger partial charge in [0, 0.05) is 23.2 Å². The molecule has 2 aliphatic heterocycles. The van der Waals surface area contributed by atoms with Crippen LogP contribution in [-0.4, -0.2) is 35.1 Å². The number of carbonyl (C=O) groups excluding carboxylic acids is 2. The number of carbonyl (C=O) groups is 2. The molecule has 1 fully saturated rings. The molecule has 1 saturated heterocycles. The fraction of sp³-hybridized carbons (Fsp3) is 0.429. The first-order valence-corrected chi connectivity index (χ1v) is 7.47. The van der Waals surface area contributed by atoms with Crippen LogP contribution >= 0.6 is 11.8 Å². The molecule has 2 heterocycles. The van der Waals surface area contributed by atoms with E-state index in [9.17, 15) is 9.59 Å². The number of hydrogen-bond donors (Lipinski definition) is 1. The van der Waals surface area contributed by atoms with Crippen molar-refractivity contribution in [3.05, 3.63) is 29.8 Å². The Balaban J connectivity index is 1.92. The van der Waals surface area contributed by atoms with Crippen LogP contribution in [0.2, 0.25) is 0 Å². The van der Waals surface area contributed by atoms with Crippen LogP contribution in [0.1, 0.15) is 23.2 Å². The molecule has 0 bridgehead atoms. The summed E-state index contributed by atoms with van der Waals surface area (Å²) in [5.74, 6) is 0.442. The summed E-state index contributed by atoms with van der Waals surface area (Å²) in [7, 11) is 0. The Morgan fingerprint density at radius 1 is 1.32 bits per heavy atom. The standard InChI is InChI=1S/C14H16N2O2S/c15-13(17)9-5-6-10-8-19-12-4-2-1-3-11(12)14(18)16(10)7-9/h1-4,9-10H,5-8H2,(H2,15,17). The molecule has 0 aliphatic carbocycles. The Kier molecular flexibility index (Phi) is 3.22. The molecule has 19 heavy (non-hydrogen) atoms. The van der Waals surface area contributed by atoms with E-state index in [1.165, 1.54) is 0 Å². The Labute approximate surface area is 116 Å². The van der Waals surface area contributed by atoms with E-state index >= 15 is 0 Å². The SMILES string of the molecule is NC(=O)C1CCC2CSc3ccccc3C(=O)N2C1. The van der Waals surface area contributed by atoms with Crippen molar-refractivity contribution in [3.8, 4) is 0 Å². The van der Waals surface area contributed by atoms with Crippen molar-refractivity contribution in [1.29, 1.82) is 0 Å². The molecule has 1 aromatic carbocycles. The van der Waals surface area contributed by atoms with E-state index in [0.717, 1.165) is 29.1 Å². The van der Waals surface area contributed by atoms with Gasteiger partial charge in [-0.3, -0.25) is 9.59 Å². The minimum absolute atomic E-state index is 0.0385. The van der Waals surface area contributed by atoms with Gasteiger partial charge in [0.25, 0.3) is 5.91 Å². The number of rotatable bonds is 1. The summed E-state index contributed by atoms with van der Waals surface area (Å²) in [6, 6.07) is 7.91. The van der Waals surface area contributed by atoms with Crippen molar-refractivity contribution in [2.45, 2.75) is 23.8 Å². The molecule has 0 aromatic heterocycles. The monoisotopic (exact) mass is 276 g/mol. The van der Waals surface area contributed by atoms with Gasteiger partial charge in [-0.2, -0.15) is 0 Å². The Bertz CT molecular complexity index is 532. The van der Waals surface area contributed by atoms with Gasteiger partial charge in [-0.05, 0) is 25.0 Å². The fourth-order valence-corrected chi connectivity index (χ4v) is 4.00. The number of fused-ring (bicyclic) bond motifs is 2. The number of nitrogens with two attached hydrogens (primary N) is 1. The van der Waals surface area contributed by atoms with Gasteiger partial charge in [-0.25, -0.2) is 0 Å². The molecule has 5 heteroatoms. The van der Waals surface area contributed by atoms with E-state index in [0.29, 0.717) is 6.54 Å². The molecule has 2 unspecified atom stereocenters. The van der Waals surface area contributed by atoms with E-state index < -0.39 is 0 Å². The summed E-state index contributed by atoms with van der Waals surface area (Å²) in [6.07, 6.45) is 1.65. The van der Waals surface area contributed by atoms with Crippen LogP contribution < -0.4 is 5.73 Å². The van der Waals surface area contributed by atoms with Crippen molar-refractivity contribution in [2.24, 2.45) is 11.7 Å². The maximum absolute atomic E-state index is 12.6. The minimum atomic E-state index is -0.295. The van der Waals surface area contributed by atoms with Crippen LogP contribution in [0, 0.1) is 5.92 Å². The van der Waals surface area contributed by atoms with Crippen molar-refractivity contribution in [3.63, 3.8) is 0 Å². The van der Waals surface area contributed by atoms with E-state index in [-0.39, 0.29) is 23.8 Å². The maximum Gasteiger partial charge on any atom is 0.255 e. The van der Waals surface area contributed by atoms with Crippen molar-refractivity contribution in [1.82, 2.24) is 4.90 Å². The zero-order chi connectivity index (χ0) is 13.4. The molecule has 1 aromatic rings. The summed E-state index contributed by atoms with van der Waals surface area (Å²) in [5.41, 5.74) is 6.14. The zero-order valence-electron chi connectivity index (χ0n) is 10.5. The fourth-order valence-electron chi connectivity index (χ4n) is 2.79. The quantitative estimate of drug-likeness (QED) is 0.845. The Hall–Kier alpha value is -1.49. The summed E-state index contributed by atoms with van der Waals surface area (Å²) in [4.78, 5) is 26.8. The molecule has 4 nitrogen and oxygen atoms in total. The van der Waals surface area contributed by atoms with Crippen molar-refractivity contribution in [2.75, 3.05) is 12.3 Å². The van der Waals surface area contributed by atoms with E-state index in [1.807, 2.05) is 29.2 Å². The van der Waals surface area contributed by atoms with Gasteiger partial charge in [0.1, 0.15) is 0 Å². The average molecular weight is 276 g/mol. The summed E-state index contributed by atoms with van der Waals surface area (Å²) in [6.45, 7) is 0.466. The third-order valence-corrected chi connectivity index (χ3v) is 5.14. The number of thioether (sulfide) groups is 1. The van der Waals surface area contributed by atoms with Gasteiger partial charge >= 0.3 is 0 Å². The topological polar surface area (TPSA) is 63.4 Å². The number of nitrogens with zero attached hydrogens (tertiary/aromatic N) is 1. The minimum Gasteiger partial charge on any atom is -0.369 e. The second kappa shape index (κ2) is 4.89. The molecule has 2 N–H and O–H groups in total. The number of primary amides is 1. The lowest BCUT2D eigenvalue weighted by Crippen LogP contribution is -2.50. The maximum atomic E-state index is 12.6. The molecular formula is C14H16N2O2S. The first-order valence-electron chi connectivity index (χ1n) is 6.49. The zero-order valence-corrected chi connectivity index (χ0v) is 11.4. The second-order valence-corrected chi connectivity index (χ2v) is 6.16. The van der Waals surface area contributed by atoms with Crippen LogP contribution in [0.15, 0.2) is 29.2 Å². The normalized spacial score (nSPS) is 26.3. The predicted molar refractivity (Wildman–Crippen MR) is 73.9 cm³/mol. The smallest absolute Gasteiger partial charge is 0.255 e. The summed E-state index contributed by atoms with van der Waals surface area (Å²) < 4.78 is 0. The van der Waals surface area contributed by atoms with Gasteiger partial charge in [0.15, 0.2) is 0 Å². The summed E-state index contributed by atoms with van der Waals surface area (Å²) in [5, 5.41) is 0. The van der Waals surface area contributed by atoms with Gasteiger partial charge in [-0.15, -0.1) is 11.8 Å². The molecule has 0 spiro atoms. The van der Waals surface area contributed by atoms with Gasteiger partial charge in [0.05, 0.1) is 11.5 Å². The number of benzene rings is 1. The van der Waals surface area contributed by atoms with Crippen molar-refractivity contribution < 1.29 is 9.59 Å². The van der Waals surface area contributed by atoms with Crippen LogP contribution in [0.4, 0.5) is 0 Å². The highest BCUT2D eigenvalue weighted by Gasteiger charge is 2.36. The highest BCUT2D eigenvalue weighted by atomic mass is 32.2. The summed E-state index contributed by atoms with van der Waals surface area (Å²) >= 11 is 1.73. The molecule has 0 saturated carbocycles. The first-order chi connectivity index (χ1) is 9.16. The van der Waals surface area contributed by atoms with E-state index in [2.05, 4.69) is 0 Å². The molecule has 3 rings (SSSR count). The Morgan fingerprint density at radius 3 is 2.89 bits per heavy atom. The predicted octanol–water partition coefficient (Wildman–Crippen LogP) is 1.50. The third-order valence-electron chi connectivity index (χ3n) is 3.92. The van der Waals surface area contributed by atoms with Crippen molar-refractivity contribution >= 4 is 23.6 Å². The lowest BCUT2D eigenvalue weighted by molar-refractivity contribution is -0.123. The molecule has 2 amide bonds. The lowest BCUT2D eigenvalue weighted by Gasteiger charge is -2.37. The highest BCUT2D eigenvalue weighted by molar-refractivity contribution is 7.99. The van der Waals surface area contributed by atoms with Crippen LogP contribution in [0.25, 0.3) is 0 Å². The van der Waals surface area contributed by atoms with E-state index in [1.54, 1.807) is 11.8 Å². The molecule has 2 aliphatic rings. The largest absolute Gasteiger partial charge is 0.369 e. The molecular weight excluding hydrogens is 260 g/mol. The van der Waals surface area contributed by atoms with Gasteiger partial charge < -0.3 is 10.6 Å². The Morgan fingerprint density at radius 2 is 2.11 bits per heavy atom. The average Bonchev–Trinajstić information content (AvgIpc) is 2.57. The van der Waals surface area contributed by atoms with Gasteiger partial charge in [0.2, 0.25) is 5.91 Å². The third kappa shape index (κ3) is 2.23.